The topological polar surface area (TPSA) is 95.5 Å². The van der Waals surface area contributed by atoms with Crippen molar-refractivity contribution in [3.05, 3.63) is 45.9 Å². The molecule has 10 heteroatoms. The van der Waals surface area contributed by atoms with Crippen molar-refractivity contribution in [2.24, 2.45) is 4.99 Å². The van der Waals surface area contributed by atoms with Crippen LogP contribution in [0.1, 0.15) is 15.4 Å². The van der Waals surface area contributed by atoms with Gasteiger partial charge in [0.25, 0.3) is 0 Å². The van der Waals surface area contributed by atoms with Crippen molar-refractivity contribution < 1.29 is 8.42 Å². The highest BCUT2D eigenvalue weighted by Crippen LogP contribution is 2.11. The van der Waals surface area contributed by atoms with Crippen LogP contribution in [0.2, 0.25) is 0 Å². The summed E-state index contributed by atoms with van der Waals surface area (Å²) in [6.07, 6.45) is 2.72. The molecular weight excluding hydrogens is 485 g/mol. The first-order valence-electron chi connectivity index (χ1n) is 7.83. The molecule has 0 unspecified atom stereocenters. The number of thiazole rings is 1. The Morgan fingerprint density at radius 2 is 1.92 bits per heavy atom. The maximum absolute atomic E-state index is 11.7. The molecule has 1 heterocycles. The van der Waals surface area contributed by atoms with Gasteiger partial charge in [0.2, 0.25) is 10.0 Å². The largest absolute Gasteiger partial charge is 0.356 e. The van der Waals surface area contributed by atoms with Crippen LogP contribution in [0.15, 0.2) is 40.4 Å². The quantitative estimate of drug-likeness (QED) is 0.301. The fourth-order valence-corrected chi connectivity index (χ4v) is 3.63. The number of sulfonamides is 1. The van der Waals surface area contributed by atoms with E-state index in [1.807, 2.05) is 13.1 Å². The van der Waals surface area contributed by atoms with Crippen LogP contribution in [-0.2, 0) is 23.0 Å². The molecule has 1 aromatic carbocycles. The zero-order valence-corrected chi connectivity index (χ0v) is 18.9. The second-order valence-corrected chi connectivity index (χ2v) is 8.52. The predicted octanol–water partition coefficient (Wildman–Crippen LogP) is 1.89. The average molecular weight is 509 g/mol. The van der Waals surface area contributed by atoms with Gasteiger partial charge in [-0.05, 0) is 31.7 Å². The van der Waals surface area contributed by atoms with Gasteiger partial charge in [0.15, 0.2) is 5.96 Å². The van der Waals surface area contributed by atoms with Crippen LogP contribution < -0.4 is 15.4 Å². The van der Waals surface area contributed by atoms with Gasteiger partial charge in [0, 0.05) is 37.6 Å². The van der Waals surface area contributed by atoms with E-state index >= 15 is 0 Å². The van der Waals surface area contributed by atoms with Gasteiger partial charge in [0.1, 0.15) is 0 Å². The number of aliphatic imine (C=N–C) groups is 1. The molecule has 0 aliphatic rings. The minimum absolute atomic E-state index is 0. The molecule has 26 heavy (non-hydrogen) atoms. The zero-order valence-electron chi connectivity index (χ0n) is 14.9. The first-order chi connectivity index (χ1) is 11.9. The van der Waals surface area contributed by atoms with Gasteiger partial charge in [-0.1, -0.05) is 12.1 Å². The summed E-state index contributed by atoms with van der Waals surface area (Å²) in [4.78, 5) is 9.97. The van der Waals surface area contributed by atoms with Gasteiger partial charge in [-0.2, -0.15) is 0 Å². The first kappa shape index (κ1) is 22.8. The second-order valence-electron chi connectivity index (χ2n) is 5.32. The SMILES string of the molecule is CN=C(NCCc1ncc(C)s1)NCc1ccc(S(=O)(=O)NC)cc1.I. The number of hydrogen-bond donors (Lipinski definition) is 3. The van der Waals surface area contributed by atoms with Crippen LogP contribution in [0.3, 0.4) is 0 Å². The van der Waals surface area contributed by atoms with E-state index in [4.69, 9.17) is 0 Å². The summed E-state index contributed by atoms with van der Waals surface area (Å²) >= 11 is 1.70. The van der Waals surface area contributed by atoms with E-state index in [1.54, 1.807) is 42.6 Å². The molecule has 0 bridgehead atoms. The van der Waals surface area contributed by atoms with E-state index in [0.29, 0.717) is 12.5 Å². The minimum Gasteiger partial charge on any atom is -0.356 e. The molecule has 1 aromatic heterocycles. The number of nitrogens with one attached hydrogen (secondary N) is 3. The Labute approximate surface area is 175 Å². The summed E-state index contributed by atoms with van der Waals surface area (Å²) in [5.74, 6) is 0.695. The number of halogens is 1. The molecule has 0 atom stereocenters. The molecule has 7 nitrogen and oxygen atoms in total. The van der Waals surface area contributed by atoms with Crippen molar-refractivity contribution in [1.29, 1.82) is 0 Å². The van der Waals surface area contributed by atoms with E-state index in [0.717, 1.165) is 23.5 Å². The lowest BCUT2D eigenvalue weighted by atomic mass is 10.2. The lowest BCUT2D eigenvalue weighted by molar-refractivity contribution is 0.588. The highest BCUT2D eigenvalue weighted by atomic mass is 127. The van der Waals surface area contributed by atoms with Gasteiger partial charge in [-0.25, -0.2) is 18.1 Å². The third kappa shape index (κ3) is 6.82. The molecule has 2 aromatic rings. The van der Waals surface area contributed by atoms with Crippen molar-refractivity contribution in [2.75, 3.05) is 20.6 Å². The fraction of sp³-hybridized carbons (Fsp3) is 0.375. The number of guanidine groups is 1. The molecule has 144 valence electrons. The molecule has 0 spiro atoms. The molecule has 3 N–H and O–H groups in total. The highest BCUT2D eigenvalue weighted by molar-refractivity contribution is 14.0. The summed E-state index contributed by atoms with van der Waals surface area (Å²) < 4.78 is 25.7. The zero-order chi connectivity index (χ0) is 18.3. The van der Waals surface area contributed by atoms with E-state index in [2.05, 4.69) is 25.3 Å². The predicted molar refractivity (Wildman–Crippen MR) is 117 cm³/mol. The maximum atomic E-state index is 11.7. The van der Waals surface area contributed by atoms with Crippen LogP contribution in [0, 0.1) is 6.92 Å². The molecule has 2 rings (SSSR count). The van der Waals surface area contributed by atoms with Gasteiger partial charge in [0.05, 0.1) is 9.90 Å². The molecule has 0 radical (unpaired) electrons. The molecule has 0 amide bonds. The van der Waals surface area contributed by atoms with Crippen molar-refractivity contribution in [3.8, 4) is 0 Å². The Bertz CT molecular complexity index is 819. The summed E-state index contributed by atoms with van der Waals surface area (Å²) in [5.41, 5.74) is 0.966. The molecule has 0 saturated heterocycles. The maximum Gasteiger partial charge on any atom is 0.240 e. The number of rotatable bonds is 7. The Balaban J connectivity index is 0.00000338. The van der Waals surface area contributed by atoms with Gasteiger partial charge >= 0.3 is 0 Å². The molecular formula is C16H24IN5O2S2. The standard InChI is InChI=1S/C16H23N5O2S2.HI/c1-12-10-20-15(24-12)8-9-19-16(17-2)21-11-13-4-6-14(7-5-13)25(22,23)18-3;/h4-7,10,18H,8-9,11H2,1-3H3,(H2,17,19,21);1H. The van der Waals surface area contributed by atoms with Gasteiger partial charge in [-0.3, -0.25) is 4.99 Å². The normalized spacial score (nSPS) is 11.7. The van der Waals surface area contributed by atoms with E-state index < -0.39 is 10.0 Å². The highest BCUT2D eigenvalue weighted by Gasteiger charge is 2.10. The van der Waals surface area contributed by atoms with Crippen molar-refractivity contribution in [3.63, 3.8) is 0 Å². The number of hydrogen-bond acceptors (Lipinski definition) is 5. The Morgan fingerprint density at radius 1 is 1.23 bits per heavy atom. The van der Waals surface area contributed by atoms with Crippen LogP contribution in [0.25, 0.3) is 0 Å². The Morgan fingerprint density at radius 3 is 2.46 bits per heavy atom. The lowest BCUT2D eigenvalue weighted by Crippen LogP contribution is -2.37. The molecule has 0 aliphatic heterocycles. The van der Waals surface area contributed by atoms with E-state index in [1.165, 1.54) is 11.9 Å². The monoisotopic (exact) mass is 509 g/mol. The van der Waals surface area contributed by atoms with Crippen LogP contribution in [-0.4, -0.2) is 40.0 Å². The van der Waals surface area contributed by atoms with Crippen LogP contribution in [0.5, 0.6) is 0 Å². The Hall–Kier alpha value is -1.24. The molecule has 0 fully saturated rings. The van der Waals surface area contributed by atoms with E-state index in [-0.39, 0.29) is 28.9 Å². The smallest absolute Gasteiger partial charge is 0.240 e. The van der Waals surface area contributed by atoms with Gasteiger partial charge in [-0.15, -0.1) is 35.3 Å². The summed E-state index contributed by atoms with van der Waals surface area (Å²) in [7, 11) is -0.289. The average Bonchev–Trinajstić information content (AvgIpc) is 3.03. The van der Waals surface area contributed by atoms with Crippen molar-refractivity contribution >= 4 is 51.3 Å². The Kier molecular flexibility index (Phi) is 9.47. The molecule has 0 aliphatic carbocycles. The van der Waals surface area contributed by atoms with Crippen LogP contribution >= 0.6 is 35.3 Å². The number of aryl methyl sites for hydroxylation is 1. The summed E-state index contributed by atoms with van der Waals surface area (Å²) in [6, 6.07) is 6.74. The lowest BCUT2D eigenvalue weighted by Gasteiger charge is -2.11. The summed E-state index contributed by atoms with van der Waals surface area (Å²) in [5, 5.41) is 7.55. The van der Waals surface area contributed by atoms with Crippen molar-refractivity contribution in [2.45, 2.75) is 24.8 Å². The number of aromatic nitrogens is 1. The third-order valence-electron chi connectivity index (χ3n) is 3.49. The number of benzene rings is 1. The first-order valence-corrected chi connectivity index (χ1v) is 10.1. The molecule has 0 saturated carbocycles. The van der Waals surface area contributed by atoms with E-state index in [9.17, 15) is 8.42 Å². The minimum atomic E-state index is -3.40. The second kappa shape index (κ2) is 10.8. The number of nitrogens with zero attached hydrogens (tertiary/aromatic N) is 2. The summed E-state index contributed by atoms with van der Waals surface area (Å²) in [6.45, 7) is 3.34. The van der Waals surface area contributed by atoms with Crippen LogP contribution in [0.4, 0.5) is 0 Å². The third-order valence-corrected chi connectivity index (χ3v) is 5.89. The van der Waals surface area contributed by atoms with Crippen molar-refractivity contribution in [1.82, 2.24) is 20.3 Å². The fourth-order valence-electron chi connectivity index (χ4n) is 2.12. The van der Waals surface area contributed by atoms with Gasteiger partial charge < -0.3 is 10.6 Å².